The van der Waals surface area contributed by atoms with Gasteiger partial charge in [0.15, 0.2) is 0 Å². The monoisotopic (exact) mass is 781 g/mol. The molecule has 51 heavy (non-hydrogen) atoms. The number of nitrogens with one attached hydrogen (secondary N) is 1. The van der Waals surface area contributed by atoms with Crippen LogP contribution in [-0.4, -0.2) is 99.0 Å². The maximum atomic E-state index is 15.8. The lowest BCUT2D eigenvalue weighted by atomic mass is 10.1. The molecule has 1 atom stereocenters. The topological polar surface area (TPSA) is 237 Å². The smallest absolute Gasteiger partial charge is 0.410 e. The number of hydrogen-bond acceptors (Lipinski definition) is 17. The third kappa shape index (κ3) is 10.7. The summed E-state index contributed by atoms with van der Waals surface area (Å²) < 4.78 is 73.9. The number of sulfonamides is 1. The van der Waals surface area contributed by atoms with Crippen molar-refractivity contribution in [2.24, 2.45) is 0 Å². The van der Waals surface area contributed by atoms with Crippen molar-refractivity contribution in [1.82, 2.24) is 24.7 Å². The molecule has 0 saturated heterocycles. The molecule has 0 bridgehead atoms. The number of carbonyl (C=O) groups is 2. The van der Waals surface area contributed by atoms with Gasteiger partial charge in [0.25, 0.3) is 10.0 Å². The number of amides is 2. The van der Waals surface area contributed by atoms with E-state index in [0.29, 0.717) is 22.5 Å². The molecule has 4 rings (SSSR count). The second-order valence-corrected chi connectivity index (χ2v) is 15.8. The van der Waals surface area contributed by atoms with Crippen LogP contribution in [0.1, 0.15) is 36.1 Å². The highest BCUT2D eigenvalue weighted by Crippen LogP contribution is 2.44. The molecule has 3 aromatic rings. The number of ether oxygens (including phenoxy) is 3. The number of hydrogen-bond donors (Lipinski definition) is 6. The standard InChI is InChI=1S/C28H36FN5O14S3/c1-3-32(28(36)48-22-11-7-20(8-12-22)18-46-34(39)40)24-16-31(13-4-14-44-2)51(42,43)26-23(24)15-25(49-26)50(29,41)30-27(35)47-21-9-5-19(6-10-21)17-45-33(37)38/h5-12,15,24,37-40,50H,3-4,13-14,16-18H2,1-2H3,(H,30,35,41)/t24-/m0/s1. The van der Waals surface area contributed by atoms with Gasteiger partial charge in [0.05, 0.1) is 30.0 Å². The molecule has 0 saturated carbocycles. The first kappa shape index (κ1) is 40.1. The number of nitrogens with zero attached hydrogens (tertiary/aromatic N) is 4. The van der Waals surface area contributed by atoms with Crippen LogP contribution < -0.4 is 14.2 Å². The quantitative estimate of drug-likeness (QED) is 0.0529. The number of thiol groups is 1. The fourth-order valence-corrected chi connectivity index (χ4v) is 9.72. The van der Waals surface area contributed by atoms with E-state index in [0.717, 1.165) is 10.4 Å². The van der Waals surface area contributed by atoms with Crippen molar-refractivity contribution >= 4 is 44.1 Å². The number of benzene rings is 2. The van der Waals surface area contributed by atoms with Gasteiger partial charge in [0, 0.05) is 38.9 Å². The zero-order valence-corrected chi connectivity index (χ0v) is 29.6. The first-order valence-electron chi connectivity index (χ1n) is 14.9. The Kier molecular flexibility index (Phi) is 13.9. The Labute approximate surface area is 296 Å². The van der Waals surface area contributed by atoms with Crippen LogP contribution >= 0.6 is 11.3 Å². The highest BCUT2D eigenvalue weighted by molar-refractivity contribution is 7.99. The fourth-order valence-electron chi connectivity index (χ4n) is 4.83. The van der Waals surface area contributed by atoms with Gasteiger partial charge in [-0.05, 0) is 54.8 Å². The minimum atomic E-state index is -5.31. The van der Waals surface area contributed by atoms with E-state index in [1.807, 2.05) is 0 Å². The van der Waals surface area contributed by atoms with Crippen molar-refractivity contribution in [3.8, 4) is 11.5 Å². The van der Waals surface area contributed by atoms with Crippen LogP contribution in [0, 0.1) is 0 Å². The normalized spacial score (nSPS) is 16.1. The van der Waals surface area contributed by atoms with E-state index in [4.69, 9.17) is 35.0 Å². The van der Waals surface area contributed by atoms with Gasteiger partial charge >= 0.3 is 12.2 Å². The summed E-state index contributed by atoms with van der Waals surface area (Å²) in [5, 5.41) is 33.8. The van der Waals surface area contributed by atoms with Crippen LogP contribution in [0.15, 0.2) is 63.0 Å². The lowest BCUT2D eigenvalue weighted by Gasteiger charge is -2.37. The molecule has 0 aliphatic carbocycles. The van der Waals surface area contributed by atoms with E-state index in [2.05, 4.69) is 9.68 Å². The molecule has 19 nitrogen and oxygen atoms in total. The van der Waals surface area contributed by atoms with Crippen molar-refractivity contribution in [2.45, 2.75) is 41.0 Å². The van der Waals surface area contributed by atoms with Crippen LogP contribution in [0.25, 0.3) is 0 Å². The first-order chi connectivity index (χ1) is 24.1. The summed E-state index contributed by atoms with van der Waals surface area (Å²) in [6, 6.07) is 11.2. The zero-order chi connectivity index (χ0) is 37.3. The van der Waals surface area contributed by atoms with Crippen molar-refractivity contribution in [2.75, 3.05) is 33.4 Å². The first-order valence-corrected chi connectivity index (χ1v) is 18.7. The summed E-state index contributed by atoms with van der Waals surface area (Å²) in [5.74, 6) is 0.00234. The molecule has 0 unspecified atom stereocenters. The van der Waals surface area contributed by atoms with Gasteiger partial charge in [-0.3, -0.25) is 25.7 Å². The number of thiophene rings is 1. The Morgan fingerprint density at radius 3 is 2.04 bits per heavy atom. The Hall–Kier alpha value is -3.69. The summed E-state index contributed by atoms with van der Waals surface area (Å²) in [6.07, 6.45) is -2.04. The second kappa shape index (κ2) is 17.7. The van der Waals surface area contributed by atoms with E-state index in [9.17, 15) is 22.2 Å². The minimum Gasteiger partial charge on any atom is -0.410 e. The molecule has 0 spiro atoms. The van der Waals surface area contributed by atoms with Crippen LogP contribution in [0.4, 0.5) is 13.5 Å². The molecule has 1 aromatic heterocycles. The van der Waals surface area contributed by atoms with E-state index in [1.165, 1.54) is 60.5 Å². The summed E-state index contributed by atoms with van der Waals surface area (Å²) in [5.41, 5.74) is 0.915. The molecular formula is C28H36FN5O14S3. The number of rotatable bonds is 16. The number of likely N-dealkylation sites (N-methyl/N-ethyl adjacent to an activating group) is 1. The van der Waals surface area contributed by atoms with Gasteiger partial charge < -0.3 is 14.2 Å². The average molecular weight is 782 g/mol. The van der Waals surface area contributed by atoms with E-state index >= 15 is 3.89 Å². The van der Waals surface area contributed by atoms with Crippen LogP contribution in [0.2, 0.25) is 0 Å². The third-order valence-corrected chi connectivity index (χ3v) is 12.7. The van der Waals surface area contributed by atoms with Gasteiger partial charge in [-0.15, -0.1) is 15.2 Å². The minimum absolute atomic E-state index is 0.00979. The molecule has 282 valence electrons. The van der Waals surface area contributed by atoms with Crippen molar-refractivity contribution in [3.05, 3.63) is 71.3 Å². The molecule has 0 fully saturated rings. The fraction of sp³-hybridized carbons (Fsp3) is 0.357. The Bertz CT molecular complexity index is 1790. The predicted molar refractivity (Wildman–Crippen MR) is 172 cm³/mol. The molecule has 2 amide bonds. The summed E-state index contributed by atoms with van der Waals surface area (Å²) in [4.78, 5) is 36.3. The molecule has 1 aliphatic heterocycles. The van der Waals surface area contributed by atoms with Crippen molar-refractivity contribution < 1.29 is 70.8 Å². The van der Waals surface area contributed by atoms with Gasteiger partial charge in [-0.1, -0.05) is 24.3 Å². The summed E-state index contributed by atoms with van der Waals surface area (Å²) in [6.45, 7) is 1.13. The zero-order valence-electron chi connectivity index (χ0n) is 27.0. The van der Waals surface area contributed by atoms with Crippen LogP contribution in [0.3, 0.4) is 0 Å². The number of fused-ring (bicyclic) bond motifs is 1. The second-order valence-electron chi connectivity index (χ2n) is 10.6. The number of carbonyl (C=O) groups excluding carboxylic acids is 2. The van der Waals surface area contributed by atoms with Gasteiger partial charge in [0.2, 0.25) is 0 Å². The summed E-state index contributed by atoms with van der Waals surface area (Å²) >= 11 is 0.348. The molecule has 0 radical (unpaired) electrons. The molecule has 23 heteroatoms. The lowest BCUT2D eigenvalue weighted by Crippen LogP contribution is -2.47. The highest BCUT2D eigenvalue weighted by Gasteiger charge is 2.44. The average Bonchev–Trinajstić information content (AvgIpc) is 3.54. The van der Waals surface area contributed by atoms with E-state index in [-0.39, 0.29) is 67.1 Å². The largest absolute Gasteiger partial charge is 0.425 e. The van der Waals surface area contributed by atoms with Crippen molar-refractivity contribution in [1.29, 1.82) is 0 Å². The van der Waals surface area contributed by atoms with Crippen molar-refractivity contribution in [3.63, 3.8) is 0 Å². The maximum Gasteiger partial charge on any atom is 0.425 e. The highest BCUT2D eigenvalue weighted by atomic mass is 32.3. The van der Waals surface area contributed by atoms with E-state index in [1.54, 1.807) is 11.6 Å². The van der Waals surface area contributed by atoms with Gasteiger partial charge in [0.1, 0.15) is 30.4 Å². The van der Waals surface area contributed by atoms with Gasteiger partial charge in [-0.2, -0.15) is 4.31 Å². The Morgan fingerprint density at radius 2 is 1.53 bits per heavy atom. The molecule has 2 heterocycles. The number of halogens is 1. The molecule has 2 aromatic carbocycles. The number of methoxy groups -OCH3 is 1. The lowest BCUT2D eigenvalue weighted by molar-refractivity contribution is -0.497. The van der Waals surface area contributed by atoms with Crippen LogP contribution in [0.5, 0.6) is 11.5 Å². The van der Waals surface area contributed by atoms with Gasteiger partial charge in [-0.25, -0.2) is 36.6 Å². The third-order valence-electron chi connectivity index (χ3n) is 7.20. The molecule has 1 aliphatic rings. The molecule has 5 N–H and O–H groups in total. The Balaban J connectivity index is 1.57. The summed E-state index contributed by atoms with van der Waals surface area (Å²) in [7, 11) is -8.14. The Morgan fingerprint density at radius 1 is 0.980 bits per heavy atom. The van der Waals surface area contributed by atoms with E-state index < -0.39 is 53.7 Å². The SMILES string of the molecule is CCN(C(=O)Oc1ccc(CON(O)O)cc1)[C@H]1CN(CCCOC)S(=O)(=O)c2sc([SH](=O)(F)NC(=O)Oc3ccc(CON(O)O)cc3)cc21. The van der Waals surface area contributed by atoms with Crippen LogP contribution in [-0.2, 0) is 48.2 Å². The maximum absolute atomic E-state index is 15.8. The predicted octanol–water partition coefficient (Wildman–Crippen LogP) is 3.34. The molecular weight excluding hydrogens is 746 g/mol.